The van der Waals surface area contributed by atoms with E-state index in [2.05, 4.69) is 38.3 Å². The van der Waals surface area contributed by atoms with Gasteiger partial charge in [0.25, 0.3) is 0 Å². The predicted molar refractivity (Wildman–Crippen MR) is 70.5 cm³/mol. The average molecular weight is 254 g/mol. The molecule has 104 valence electrons. The Morgan fingerprint density at radius 2 is 1.50 bits per heavy atom. The van der Waals surface area contributed by atoms with Gasteiger partial charge in [0.1, 0.15) is 5.72 Å². The Hall–Kier alpha value is -0.160. The second-order valence-electron chi connectivity index (χ2n) is 7.88. The summed E-state index contributed by atoms with van der Waals surface area (Å²) >= 11 is 0. The minimum Gasteiger partial charge on any atom is -0.380 e. The summed E-state index contributed by atoms with van der Waals surface area (Å²) in [6, 6.07) is 0. The SMILES string of the molecule is CC1(C)CC2(CC(C)(C)N1)NCC1(COC1)CO2. The van der Waals surface area contributed by atoms with Gasteiger partial charge in [0, 0.05) is 30.5 Å². The molecule has 0 radical (unpaired) electrons. The van der Waals surface area contributed by atoms with Gasteiger partial charge in [-0.3, -0.25) is 5.32 Å². The van der Waals surface area contributed by atoms with Crippen LogP contribution in [0.15, 0.2) is 0 Å². The molecule has 18 heavy (non-hydrogen) atoms. The van der Waals surface area contributed by atoms with Gasteiger partial charge in [-0.05, 0) is 27.7 Å². The number of hydrogen-bond donors (Lipinski definition) is 2. The lowest BCUT2D eigenvalue weighted by Gasteiger charge is -2.58. The summed E-state index contributed by atoms with van der Waals surface area (Å²) in [5.41, 5.74) is 0.314. The fourth-order valence-electron chi connectivity index (χ4n) is 4.04. The third kappa shape index (κ3) is 2.20. The van der Waals surface area contributed by atoms with Crippen molar-refractivity contribution in [2.24, 2.45) is 5.41 Å². The van der Waals surface area contributed by atoms with Crippen molar-refractivity contribution in [1.82, 2.24) is 10.6 Å². The molecule has 0 unspecified atom stereocenters. The van der Waals surface area contributed by atoms with E-state index in [1.807, 2.05) is 0 Å². The van der Waals surface area contributed by atoms with Crippen LogP contribution in [0.2, 0.25) is 0 Å². The molecule has 2 N–H and O–H groups in total. The molecule has 2 spiro atoms. The molecule has 0 aromatic rings. The Morgan fingerprint density at radius 1 is 0.889 bits per heavy atom. The van der Waals surface area contributed by atoms with Crippen LogP contribution >= 0.6 is 0 Å². The summed E-state index contributed by atoms with van der Waals surface area (Å²) in [5, 5.41) is 7.40. The lowest BCUT2D eigenvalue weighted by atomic mass is 9.75. The van der Waals surface area contributed by atoms with Crippen molar-refractivity contribution in [1.29, 1.82) is 0 Å². The Morgan fingerprint density at radius 3 is 1.89 bits per heavy atom. The van der Waals surface area contributed by atoms with Crippen molar-refractivity contribution in [3.8, 4) is 0 Å². The fourth-order valence-corrected chi connectivity index (χ4v) is 4.04. The zero-order chi connectivity index (χ0) is 13.1. The highest BCUT2D eigenvalue weighted by molar-refractivity contribution is 5.07. The maximum Gasteiger partial charge on any atom is 0.122 e. The average Bonchev–Trinajstić information content (AvgIpc) is 2.10. The topological polar surface area (TPSA) is 42.5 Å². The van der Waals surface area contributed by atoms with Gasteiger partial charge in [0.05, 0.1) is 25.2 Å². The van der Waals surface area contributed by atoms with Gasteiger partial charge in [-0.15, -0.1) is 0 Å². The summed E-state index contributed by atoms with van der Waals surface area (Å²) < 4.78 is 11.6. The molecule has 3 rings (SSSR count). The van der Waals surface area contributed by atoms with Gasteiger partial charge in [0.2, 0.25) is 0 Å². The molecule has 0 aromatic heterocycles. The molecular formula is C14H26N2O2. The minimum atomic E-state index is -0.154. The first-order valence-corrected chi connectivity index (χ1v) is 7.00. The van der Waals surface area contributed by atoms with Crippen molar-refractivity contribution >= 4 is 0 Å². The van der Waals surface area contributed by atoms with E-state index in [4.69, 9.17) is 9.47 Å². The van der Waals surface area contributed by atoms with Crippen LogP contribution in [0, 0.1) is 5.41 Å². The first-order chi connectivity index (χ1) is 8.24. The standard InChI is InChI=1S/C14H26N2O2/c1-11(2)5-14(6-12(3,4)16-11)15-7-13(10-18-14)8-17-9-13/h15-16H,5-10H2,1-4H3. The van der Waals surface area contributed by atoms with Crippen molar-refractivity contribution in [2.75, 3.05) is 26.4 Å². The first-order valence-electron chi connectivity index (χ1n) is 7.00. The van der Waals surface area contributed by atoms with Crippen LogP contribution < -0.4 is 10.6 Å². The second kappa shape index (κ2) is 3.69. The van der Waals surface area contributed by atoms with E-state index in [1.165, 1.54) is 0 Å². The van der Waals surface area contributed by atoms with Crippen LogP contribution in [0.25, 0.3) is 0 Å². The molecule has 4 heteroatoms. The third-order valence-electron chi connectivity index (χ3n) is 4.39. The summed E-state index contributed by atoms with van der Waals surface area (Å²) in [6.07, 6.45) is 2.03. The Bertz CT molecular complexity index is 320. The monoisotopic (exact) mass is 254 g/mol. The molecule has 3 heterocycles. The van der Waals surface area contributed by atoms with E-state index in [1.54, 1.807) is 0 Å². The summed E-state index contributed by atoms with van der Waals surface area (Å²) in [7, 11) is 0. The molecule has 3 aliphatic heterocycles. The number of piperidine rings is 1. The lowest BCUT2D eigenvalue weighted by Crippen LogP contribution is -2.73. The Labute approximate surface area is 110 Å². The Balaban J connectivity index is 1.75. The third-order valence-corrected chi connectivity index (χ3v) is 4.39. The number of rotatable bonds is 0. The number of nitrogens with one attached hydrogen (secondary N) is 2. The first kappa shape index (κ1) is 12.9. The maximum atomic E-state index is 6.30. The Kier molecular flexibility index (Phi) is 2.63. The van der Waals surface area contributed by atoms with Crippen LogP contribution in [0.5, 0.6) is 0 Å². The summed E-state index contributed by atoms with van der Waals surface area (Å²) in [5.74, 6) is 0. The van der Waals surface area contributed by atoms with Crippen LogP contribution in [0.3, 0.4) is 0 Å². The zero-order valence-corrected chi connectivity index (χ0v) is 12.1. The van der Waals surface area contributed by atoms with Gasteiger partial charge in [-0.25, -0.2) is 0 Å². The normalized spacial score (nSPS) is 35.3. The van der Waals surface area contributed by atoms with Gasteiger partial charge in [-0.2, -0.15) is 0 Å². The molecule has 0 bridgehead atoms. The zero-order valence-electron chi connectivity index (χ0n) is 12.1. The summed E-state index contributed by atoms with van der Waals surface area (Å²) in [6.45, 7) is 12.6. The van der Waals surface area contributed by atoms with E-state index >= 15 is 0 Å². The molecule has 0 saturated carbocycles. The molecule has 3 aliphatic rings. The maximum absolute atomic E-state index is 6.30. The van der Waals surface area contributed by atoms with Crippen LogP contribution in [-0.4, -0.2) is 43.2 Å². The fraction of sp³-hybridized carbons (Fsp3) is 1.00. The van der Waals surface area contributed by atoms with E-state index in [-0.39, 0.29) is 22.2 Å². The highest BCUT2D eigenvalue weighted by Crippen LogP contribution is 2.42. The number of hydrogen-bond acceptors (Lipinski definition) is 4. The van der Waals surface area contributed by atoms with Gasteiger partial charge >= 0.3 is 0 Å². The summed E-state index contributed by atoms with van der Waals surface area (Å²) in [4.78, 5) is 0. The number of ether oxygens (including phenoxy) is 2. The smallest absolute Gasteiger partial charge is 0.122 e. The van der Waals surface area contributed by atoms with Crippen molar-refractivity contribution in [3.63, 3.8) is 0 Å². The molecule has 0 amide bonds. The quantitative estimate of drug-likeness (QED) is 0.683. The second-order valence-corrected chi connectivity index (χ2v) is 7.88. The van der Waals surface area contributed by atoms with E-state index in [0.29, 0.717) is 0 Å². The van der Waals surface area contributed by atoms with Crippen LogP contribution in [0.1, 0.15) is 40.5 Å². The van der Waals surface area contributed by atoms with Crippen LogP contribution in [-0.2, 0) is 9.47 Å². The molecule has 4 nitrogen and oxygen atoms in total. The van der Waals surface area contributed by atoms with E-state index < -0.39 is 0 Å². The predicted octanol–water partition coefficient (Wildman–Crippen LogP) is 1.26. The van der Waals surface area contributed by atoms with Crippen molar-refractivity contribution in [2.45, 2.75) is 57.3 Å². The molecule has 3 fully saturated rings. The van der Waals surface area contributed by atoms with Gasteiger partial charge in [-0.1, -0.05) is 0 Å². The molecule has 0 aliphatic carbocycles. The van der Waals surface area contributed by atoms with Crippen LogP contribution in [0.4, 0.5) is 0 Å². The van der Waals surface area contributed by atoms with Crippen molar-refractivity contribution in [3.05, 3.63) is 0 Å². The highest BCUT2D eigenvalue weighted by atomic mass is 16.5. The molecular weight excluding hydrogens is 228 g/mol. The minimum absolute atomic E-state index is 0.107. The van der Waals surface area contributed by atoms with Gasteiger partial charge < -0.3 is 14.8 Å². The molecule has 0 atom stereocenters. The largest absolute Gasteiger partial charge is 0.380 e. The molecule has 0 aromatic carbocycles. The van der Waals surface area contributed by atoms with Crippen molar-refractivity contribution < 1.29 is 9.47 Å². The van der Waals surface area contributed by atoms with E-state index in [9.17, 15) is 0 Å². The van der Waals surface area contributed by atoms with Gasteiger partial charge in [0.15, 0.2) is 0 Å². The molecule has 3 saturated heterocycles. The lowest BCUT2D eigenvalue weighted by molar-refractivity contribution is -0.239. The highest BCUT2D eigenvalue weighted by Gasteiger charge is 2.53. The van der Waals surface area contributed by atoms with E-state index in [0.717, 1.165) is 39.2 Å².